The molecule has 2 aromatic rings. The molecule has 1 aliphatic rings. The maximum atomic E-state index is 13.1. The predicted molar refractivity (Wildman–Crippen MR) is 95.4 cm³/mol. The van der Waals surface area contributed by atoms with Crippen LogP contribution in [0.3, 0.4) is 0 Å². The van der Waals surface area contributed by atoms with Crippen LogP contribution in [0.15, 0.2) is 41.5 Å². The Hall–Kier alpha value is -2.42. The molecule has 1 fully saturated rings. The van der Waals surface area contributed by atoms with E-state index in [1.165, 1.54) is 23.0 Å². The Morgan fingerprint density at radius 1 is 1.15 bits per heavy atom. The first-order valence-electron chi connectivity index (χ1n) is 8.97. The summed E-state index contributed by atoms with van der Waals surface area (Å²) in [6, 6.07) is 5.45. The Morgan fingerprint density at radius 3 is 2.74 bits per heavy atom. The molecule has 1 unspecified atom stereocenters. The predicted octanol–water partition coefficient (Wildman–Crippen LogP) is 2.62. The molecule has 0 amide bonds. The Bertz CT molecular complexity index is 808. The van der Waals surface area contributed by atoms with Gasteiger partial charge in [-0.2, -0.15) is 18.3 Å². The lowest BCUT2D eigenvalue weighted by atomic mass is 10.0. The van der Waals surface area contributed by atoms with Crippen LogP contribution in [-0.4, -0.2) is 45.3 Å². The van der Waals surface area contributed by atoms with Gasteiger partial charge < -0.3 is 5.32 Å². The zero-order valence-corrected chi connectivity index (χ0v) is 14.8. The first kappa shape index (κ1) is 19.3. The molecule has 2 aromatic heterocycles. The van der Waals surface area contributed by atoms with Gasteiger partial charge in [-0.15, -0.1) is 0 Å². The number of nitrogens with zero attached hydrogens (tertiary/aromatic N) is 4. The topological polar surface area (TPSA) is 63.1 Å². The van der Waals surface area contributed by atoms with Crippen LogP contribution in [0.25, 0.3) is 0 Å². The van der Waals surface area contributed by atoms with Crippen LogP contribution in [0.1, 0.15) is 24.8 Å². The summed E-state index contributed by atoms with van der Waals surface area (Å²) >= 11 is 0. The quantitative estimate of drug-likeness (QED) is 0.834. The number of pyridine rings is 1. The standard InChI is InChI=1S/C18H22F3N5O/c19-18(20,21)15-6-3-8-22-17(15)23-13-14-5-1-2-10-25(14)11-12-26-16(27)7-4-9-24-26/h3-4,6-9,14H,1-2,5,10-13H2,(H,22,23). The van der Waals surface area contributed by atoms with Crippen LogP contribution in [0.2, 0.25) is 0 Å². The van der Waals surface area contributed by atoms with Gasteiger partial charge in [-0.3, -0.25) is 9.69 Å². The molecule has 0 spiro atoms. The first-order chi connectivity index (χ1) is 12.9. The number of hydrogen-bond acceptors (Lipinski definition) is 5. The summed E-state index contributed by atoms with van der Waals surface area (Å²) in [5.41, 5.74) is -0.917. The fraction of sp³-hybridized carbons (Fsp3) is 0.500. The third-order valence-corrected chi connectivity index (χ3v) is 4.75. The average Bonchev–Trinajstić information content (AvgIpc) is 2.66. The van der Waals surface area contributed by atoms with Gasteiger partial charge >= 0.3 is 6.18 Å². The number of alkyl halides is 3. The Kier molecular flexibility index (Phi) is 6.10. The van der Waals surface area contributed by atoms with Gasteiger partial charge in [-0.1, -0.05) is 6.42 Å². The van der Waals surface area contributed by atoms with Crippen molar-refractivity contribution in [1.29, 1.82) is 0 Å². The summed E-state index contributed by atoms with van der Waals surface area (Å²) in [5.74, 6) is -0.142. The molecule has 9 heteroatoms. The SMILES string of the molecule is O=c1cccnn1CCN1CCCCC1CNc1ncccc1C(F)(F)F. The zero-order valence-electron chi connectivity index (χ0n) is 14.8. The maximum absolute atomic E-state index is 13.1. The number of hydrogen-bond donors (Lipinski definition) is 1. The second kappa shape index (κ2) is 8.51. The first-order valence-corrected chi connectivity index (χ1v) is 8.97. The molecule has 146 valence electrons. The molecule has 27 heavy (non-hydrogen) atoms. The van der Waals surface area contributed by atoms with Crippen molar-refractivity contribution in [3.05, 3.63) is 52.6 Å². The van der Waals surface area contributed by atoms with Crippen molar-refractivity contribution in [3.8, 4) is 0 Å². The third kappa shape index (κ3) is 5.06. The minimum Gasteiger partial charge on any atom is -0.368 e. The number of piperidine rings is 1. The molecule has 1 aliphatic heterocycles. The van der Waals surface area contributed by atoms with Gasteiger partial charge in [0.1, 0.15) is 5.82 Å². The van der Waals surface area contributed by atoms with E-state index in [2.05, 4.69) is 20.3 Å². The Balaban J connectivity index is 1.63. The van der Waals surface area contributed by atoms with Crippen LogP contribution in [0.4, 0.5) is 19.0 Å². The van der Waals surface area contributed by atoms with E-state index >= 15 is 0 Å². The van der Waals surface area contributed by atoms with Crippen molar-refractivity contribution < 1.29 is 13.2 Å². The van der Waals surface area contributed by atoms with Crippen molar-refractivity contribution >= 4 is 5.82 Å². The van der Waals surface area contributed by atoms with Crippen LogP contribution in [0.5, 0.6) is 0 Å². The van der Waals surface area contributed by atoms with Gasteiger partial charge in [-0.05, 0) is 37.6 Å². The highest BCUT2D eigenvalue weighted by Crippen LogP contribution is 2.33. The summed E-state index contributed by atoms with van der Waals surface area (Å²) in [5, 5.41) is 6.92. The lowest BCUT2D eigenvalue weighted by molar-refractivity contribution is -0.137. The van der Waals surface area contributed by atoms with Crippen LogP contribution in [-0.2, 0) is 12.7 Å². The largest absolute Gasteiger partial charge is 0.419 e. The Labute approximate surface area is 155 Å². The van der Waals surface area contributed by atoms with Gasteiger partial charge in [-0.25, -0.2) is 9.67 Å². The second-order valence-corrected chi connectivity index (χ2v) is 6.55. The van der Waals surface area contributed by atoms with E-state index in [1.54, 1.807) is 12.3 Å². The summed E-state index contributed by atoms with van der Waals surface area (Å²) in [7, 11) is 0. The molecule has 0 radical (unpaired) electrons. The summed E-state index contributed by atoms with van der Waals surface area (Å²) < 4.78 is 40.7. The van der Waals surface area contributed by atoms with Gasteiger partial charge in [0.2, 0.25) is 0 Å². The lowest BCUT2D eigenvalue weighted by Crippen LogP contribution is -2.45. The van der Waals surface area contributed by atoms with Gasteiger partial charge in [0.25, 0.3) is 5.56 Å². The molecular weight excluding hydrogens is 359 g/mol. The lowest BCUT2D eigenvalue weighted by Gasteiger charge is -2.36. The molecule has 6 nitrogen and oxygen atoms in total. The fourth-order valence-corrected chi connectivity index (χ4v) is 3.35. The number of halogens is 3. The molecule has 0 aromatic carbocycles. The molecule has 3 rings (SSSR count). The van der Waals surface area contributed by atoms with Gasteiger partial charge in [0, 0.05) is 37.6 Å². The summed E-state index contributed by atoms with van der Waals surface area (Å²) in [6.07, 6.45) is 1.42. The third-order valence-electron chi connectivity index (χ3n) is 4.75. The van der Waals surface area contributed by atoms with E-state index in [-0.39, 0.29) is 17.4 Å². The molecule has 1 atom stereocenters. The van der Waals surface area contributed by atoms with Gasteiger partial charge in [0.05, 0.1) is 12.1 Å². The number of rotatable bonds is 6. The number of anilines is 1. The monoisotopic (exact) mass is 381 g/mol. The average molecular weight is 381 g/mol. The van der Waals surface area contributed by atoms with E-state index in [9.17, 15) is 18.0 Å². The van der Waals surface area contributed by atoms with Crippen LogP contribution < -0.4 is 10.9 Å². The Morgan fingerprint density at radius 2 is 1.96 bits per heavy atom. The van der Waals surface area contributed by atoms with Crippen molar-refractivity contribution in [3.63, 3.8) is 0 Å². The molecule has 0 saturated carbocycles. The van der Waals surface area contributed by atoms with Crippen molar-refractivity contribution in [1.82, 2.24) is 19.7 Å². The van der Waals surface area contributed by atoms with E-state index < -0.39 is 11.7 Å². The number of likely N-dealkylation sites (tertiary alicyclic amines) is 1. The second-order valence-electron chi connectivity index (χ2n) is 6.55. The van der Waals surface area contributed by atoms with Crippen molar-refractivity contribution in [2.24, 2.45) is 0 Å². The minimum absolute atomic E-state index is 0.0845. The fourth-order valence-electron chi connectivity index (χ4n) is 3.35. The highest BCUT2D eigenvalue weighted by molar-refractivity contribution is 5.45. The minimum atomic E-state index is -4.44. The molecule has 0 bridgehead atoms. The maximum Gasteiger partial charge on any atom is 0.419 e. The van der Waals surface area contributed by atoms with E-state index in [4.69, 9.17) is 0 Å². The zero-order chi connectivity index (χ0) is 19.3. The van der Waals surface area contributed by atoms with E-state index in [0.29, 0.717) is 19.6 Å². The van der Waals surface area contributed by atoms with Crippen molar-refractivity contribution in [2.75, 3.05) is 25.0 Å². The van der Waals surface area contributed by atoms with E-state index in [0.717, 1.165) is 31.9 Å². The van der Waals surface area contributed by atoms with Crippen LogP contribution in [0, 0.1) is 0 Å². The molecular formula is C18H22F3N5O. The molecule has 1 saturated heterocycles. The number of nitrogens with one attached hydrogen (secondary N) is 1. The molecule has 3 heterocycles. The molecule has 1 N–H and O–H groups in total. The normalized spacial score (nSPS) is 18.4. The summed E-state index contributed by atoms with van der Waals surface area (Å²) in [6.45, 7) is 2.30. The summed E-state index contributed by atoms with van der Waals surface area (Å²) in [4.78, 5) is 17.8. The van der Waals surface area contributed by atoms with Gasteiger partial charge in [0.15, 0.2) is 0 Å². The smallest absolute Gasteiger partial charge is 0.368 e. The molecule has 0 aliphatic carbocycles. The highest BCUT2D eigenvalue weighted by Gasteiger charge is 2.34. The van der Waals surface area contributed by atoms with E-state index in [1.807, 2.05) is 0 Å². The van der Waals surface area contributed by atoms with Crippen molar-refractivity contribution in [2.45, 2.75) is 38.0 Å². The van der Waals surface area contributed by atoms with Crippen LogP contribution >= 0.6 is 0 Å². The number of aromatic nitrogens is 3. The highest BCUT2D eigenvalue weighted by atomic mass is 19.4.